The summed E-state index contributed by atoms with van der Waals surface area (Å²) in [5, 5.41) is 19.6. The van der Waals surface area contributed by atoms with Crippen molar-refractivity contribution in [3.8, 4) is 11.8 Å². The quantitative estimate of drug-likeness (QED) is 0.563. The zero-order valence-corrected chi connectivity index (χ0v) is 15.3. The van der Waals surface area contributed by atoms with Crippen LogP contribution in [0.4, 0.5) is 5.69 Å². The molecule has 0 saturated carbocycles. The number of carbonyl (C=O) groups excluding carboxylic acids is 1. The number of nitro benzene ring substituents is 1. The Morgan fingerprint density at radius 2 is 1.86 bits per heavy atom. The van der Waals surface area contributed by atoms with Crippen molar-refractivity contribution in [3.05, 3.63) is 69.8 Å². The average molecular weight is 380 g/mol. The van der Waals surface area contributed by atoms with Crippen LogP contribution in [0, 0.1) is 21.4 Å². The molecule has 2 aromatic rings. The second kappa shape index (κ2) is 8.97. The normalized spacial score (nSPS) is 14.3. The monoisotopic (exact) mass is 380 g/mol. The highest BCUT2D eigenvalue weighted by Crippen LogP contribution is 2.19. The number of hydrogen-bond acceptors (Lipinski definition) is 6. The lowest BCUT2D eigenvalue weighted by molar-refractivity contribution is -0.384. The summed E-state index contributed by atoms with van der Waals surface area (Å²) in [7, 11) is 0. The molecule has 1 amide bonds. The van der Waals surface area contributed by atoms with E-state index in [0.29, 0.717) is 24.4 Å². The van der Waals surface area contributed by atoms with E-state index in [9.17, 15) is 14.9 Å². The van der Waals surface area contributed by atoms with E-state index in [4.69, 9.17) is 10.00 Å². The molecule has 1 heterocycles. The Morgan fingerprint density at radius 3 is 2.50 bits per heavy atom. The summed E-state index contributed by atoms with van der Waals surface area (Å²) in [6.07, 6.45) is 0. The summed E-state index contributed by atoms with van der Waals surface area (Å²) >= 11 is 0. The van der Waals surface area contributed by atoms with Crippen molar-refractivity contribution in [1.82, 2.24) is 9.80 Å². The number of non-ortho nitro benzene ring substituents is 1. The van der Waals surface area contributed by atoms with Crippen molar-refractivity contribution in [1.29, 1.82) is 5.26 Å². The first kappa shape index (κ1) is 19.3. The molecule has 8 nitrogen and oxygen atoms in total. The highest BCUT2D eigenvalue weighted by Gasteiger charge is 2.21. The van der Waals surface area contributed by atoms with Crippen LogP contribution >= 0.6 is 0 Å². The van der Waals surface area contributed by atoms with Crippen LogP contribution in [0.15, 0.2) is 48.5 Å². The number of rotatable bonds is 6. The predicted octanol–water partition coefficient (Wildman–Crippen LogP) is 2.19. The van der Waals surface area contributed by atoms with Gasteiger partial charge in [-0.2, -0.15) is 5.26 Å². The third-order valence-corrected chi connectivity index (χ3v) is 4.60. The van der Waals surface area contributed by atoms with Crippen molar-refractivity contribution in [2.24, 2.45) is 0 Å². The number of nitro groups is 1. The van der Waals surface area contributed by atoms with Crippen molar-refractivity contribution in [2.75, 3.05) is 32.8 Å². The first-order valence-electron chi connectivity index (χ1n) is 8.91. The Morgan fingerprint density at radius 1 is 1.14 bits per heavy atom. The fourth-order valence-electron chi connectivity index (χ4n) is 3.02. The van der Waals surface area contributed by atoms with E-state index < -0.39 is 4.92 Å². The number of nitrogens with zero attached hydrogens (tertiary/aromatic N) is 4. The molecule has 1 aliphatic heterocycles. The maximum absolute atomic E-state index is 12.3. The van der Waals surface area contributed by atoms with Gasteiger partial charge in [-0.1, -0.05) is 18.2 Å². The summed E-state index contributed by atoms with van der Waals surface area (Å²) in [6.45, 7) is 3.35. The van der Waals surface area contributed by atoms with Gasteiger partial charge in [0.15, 0.2) is 6.61 Å². The van der Waals surface area contributed by atoms with E-state index in [2.05, 4.69) is 11.0 Å². The lowest BCUT2D eigenvalue weighted by atomic mass is 10.1. The van der Waals surface area contributed by atoms with Crippen LogP contribution in [0.25, 0.3) is 0 Å². The largest absolute Gasteiger partial charge is 0.484 e. The van der Waals surface area contributed by atoms with Gasteiger partial charge in [0.2, 0.25) is 0 Å². The Balaban J connectivity index is 1.45. The van der Waals surface area contributed by atoms with Gasteiger partial charge in [0.1, 0.15) is 5.75 Å². The van der Waals surface area contributed by atoms with E-state index in [1.165, 1.54) is 18.2 Å². The van der Waals surface area contributed by atoms with E-state index >= 15 is 0 Å². The lowest BCUT2D eigenvalue weighted by Gasteiger charge is -2.34. The fraction of sp³-hybridized carbons (Fsp3) is 0.300. The van der Waals surface area contributed by atoms with Gasteiger partial charge in [0.05, 0.1) is 22.6 Å². The summed E-state index contributed by atoms with van der Waals surface area (Å²) in [4.78, 5) is 26.6. The van der Waals surface area contributed by atoms with Gasteiger partial charge in [0.25, 0.3) is 11.6 Å². The van der Waals surface area contributed by atoms with Crippen LogP contribution in [-0.2, 0) is 11.3 Å². The third-order valence-electron chi connectivity index (χ3n) is 4.60. The number of carbonyl (C=O) groups is 1. The first-order valence-corrected chi connectivity index (χ1v) is 8.91. The fourth-order valence-corrected chi connectivity index (χ4v) is 3.02. The van der Waals surface area contributed by atoms with Gasteiger partial charge in [0, 0.05) is 38.8 Å². The number of benzene rings is 2. The third kappa shape index (κ3) is 5.05. The molecule has 2 aromatic carbocycles. The van der Waals surface area contributed by atoms with Crippen molar-refractivity contribution >= 4 is 11.6 Å². The molecule has 8 heteroatoms. The number of ether oxygens (including phenoxy) is 1. The molecule has 1 fully saturated rings. The van der Waals surface area contributed by atoms with E-state index in [1.807, 2.05) is 12.1 Å². The Bertz CT molecular complexity index is 884. The number of piperazine rings is 1. The van der Waals surface area contributed by atoms with Gasteiger partial charge in [-0.05, 0) is 23.8 Å². The second-order valence-corrected chi connectivity index (χ2v) is 6.51. The molecule has 0 atom stereocenters. The molecule has 1 saturated heterocycles. The zero-order valence-electron chi connectivity index (χ0n) is 15.3. The molecular formula is C20H20N4O4. The molecule has 1 aliphatic rings. The molecule has 0 radical (unpaired) electrons. The predicted molar refractivity (Wildman–Crippen MR) is 102 cm³/mol. The van der Waals surface area contributed by atoms with Crippen molar-refractivity contribution < 1.29 is 14.5 Å². The smallest absolute Gasteiger partial charge is 0.273 e. The van der Waals surface area contributed by atoms with Crippen LogP contribution in [0.2, 0.25) is 0 Å². The van der Waals surface area contributed by atoms with Gasteiger partial charge < -0.3 is 9.64 Å². The summed E-state index contributed by atoms with van der Waals surface area (Å²) < 4.78 is 5.42. The standard InChI is InChI=1S/C20H20N4O4/c21-13-16-4-6-17(7-5-16)14-22-8-10-23(11-9-22)20(25)15-28-19-3-1-2-18(12-19)24(26)27/h1-7,12H,8-11,14-15H2. The summed E-state index contributed by atoms with van der Waals surface area (Å²) in [5.74, 6) is 0.173. The average Bonchev–Trinajstić information content (AvgIpc) is 2.73. The molecule has 0 unspecified atom stereocenters. The maximum Gasteiger partial charge on any atom is 0.273 e. The molecule has 144 valence electrons. The lowest BCUT2D eigenvalue weighted by Crippen LogP contribution is -2.49. The maximum atomic E-state index is 12.3. The highest BCUT2D eigenvalue weighted by molar-refractivity contribution is 5.77. The minimum absolute atomic E-state index is 0.0682. The minimum Gasteiger partial charge on any atom is -0.484 e. The highest BCUT2D eigenvalue weighted by atomic mass is 16.6. The number of hydrogen-bond donors (Lipinski definition) is 0. The molecule has 0 aromatic heterocycles. The molecule has 0 bridgehead atoms. The Kier molecular flexibility index (Phi) is 6.19. The molecule has 3 rings (SSSR count). The topological polar surface area (TPSA) is 99.7 Å². The minimum atomic E-state index is -0.498. The molecule has 0 aliphatic carbocycles. The van der Waals surface area contributed by atoms with Crippen molar-refractivity contribution in [3.63, 3.8) is 0 Å². The second-order valence-electron chi connectivity index (χ2n) is 6.51. The van der Waals surface area contributed by atoms with Crippen LogP contribution in [0.5, 0.6) is 5.75 Å². The SMILES string of the molecule is N#Cc1ccc(CN2CCN(C(=O)COc3cccc([N+](=O)[O-])c3)CC2)cc1. The van der Waals surface area contributed by atoms with E-state index in [0.717, 1.165) is 25.2 Å². The van der Waals surface area contributed by atoms with Crippen LogP contribution < -0.4 is 4.74 Å². The van der Waals surface area contributed by atoms with Gasteiger partial charge in [-0.3, -0.25) is 19.8 Å². The Labute approximate surface area is 162 Å². The Hall–Kier alpha value is -3.44. The summed E-state index contributed by atoms with van der Waals surface area (Å²) in [6, 6.07) is 15.4. The van der Waals surface area contributed by atoms with Crippen LogP contribution in [0.1, 0.15) is 11.1 Å². The summed E-state index contributed by atoms with van der Waals surface area (Å²) in [5.41, 5.74) is 1.71. The number of amides is 1. The molecule has 28 heavy (non-hydrogen) atoms. The van der Waals surface area contributed by atoms with Crippen LogP contribution in [-0.4, -0.2) is 53.4 Å². The van der Waals surface area contributed by atoms with Crippen molar-refractivity contribution in [2.45, 2.75) is 6.54 Å². The molecule has 0 N–H and O–H groups in total. The van der Waals surface area contributed by atoms with Gasteiger partial charge in [-0.25, -0.2) is 0 Å². The molecule has 0 spiro atoms. The number of nitriles is 1. The van der Waals surface area contributed by atoms with E-state index in [1.54, 1.807) is 23.1 Å². The molecular weight excluding hydrogens is 360 g/mol. The van der Waals surface area contributed by atoms with Crippen LogP contribution in [0.3, 0.4) is 0 Å². The van der Waals surface area contributed by atoms with Gasteiger partial charge >= 0.3 is 0 Å². The zero-order chi connectivity index (χ0) is 19.9. The van der Waals surface area contributed by atoms with Gasteiger partial charge in [-0.15, -0.1) is 0 Å². The first-order chi connectivity index (χ1) is 13.5. The van der Waals surface area contributed by atoms with E-state index in [-0.39, 0.29) is 18.2 Å².